The highest BCUT2D eigenvalue weighted by Gasteiger charge is 2.36. The fourth-order valence-electron chi connectivity index (χ4n) is 5.47. The lowest BCUT2D eigenvalue weighted by Gasteiger charge is -2.28. The Bertz CT molecular complexity index is 1170. The van der Waals surface area contributed by atoms with Gasteiger partial charge in [0, 0.05) is 17.1 Å². The maximum absolute atomic E-state index is 4.04. The van der Waals surface area contributed by atoms with E-state index in [1.54, 1.807) is 11.1 Å². The van der Waals surface area contributed by atoms with E-state index in [0.717, 1.165) is 28.9 Å². The van der Waals surface area contributed by atoms with Crippen LogP contribution in [0.5, 0.6) is 0 Å². The first-order chi connectivity index (χ1) is 15.2. The molecule has 0 amide bonds. The number of hydrogen-bond donors (Lipinski definition) is 0. The molecule has 1 fully saturated rings. The number of fused-ring (bicyclic) bond motifs is 5. The van der Waals surface area contributed by atoms with Crippen LogP contribution in [-0.2, 0) is 0 Å². The highest BCUT2D eigenvalue weighted by Crippen LogP contribution is 2.53. The van der Waals surface area contributed by atoms with Crippen molar-refractivity contribution in [2.24, 2.45) is 0 Å². The highest BCUT2D eigenvalue weighted by molar-refractivity contribution is 5.77. The van der Waals surface area contributed by atoms with Crippen LogP contribution in [0.4, 0.5) is 11.4 Å². The summed E-state index contributed by atoms with van der Waals surface area (Å²) >= 11 is 0. The van der Waals surface area contributed by atoms with Gasteiger partial charge in [0.2, 0.25) is 0 Å². The minimum atomic E-state index is 0.785. The van der Waals surface area contributed by atoms with Crippen LogP contribution < -0.4 is 4.90 Å². The van der Waals surface area contributed by atoms with Crippen LogP contribution >= 0.6 is 0 Å². The largest absolute Gasteiger partial charge is 0.310 e. The summed E-state index contributed by atoms with van der Waals surface area (Å²) in [5.74, 6) is 1.60. The average molecular weight is 404 g/mol. The number of allylic oxidation sites excluding steroid dienone is 3. The standard InChI is InChI=1S/C30H29N/c1-4-9-26(5-2)31(27-10-7-6-8-11-27)30-17-15-22(18-21(30)3)23-14-16-28-24-12-13-25(19-24)29(28)20-23/h4-11,14-18,20,24-25H,1-2,12-13,19H2,3H3/b26-9+. The van der Waals surface area contributed by atoms with Gasteiger partial charge in [-0.25, -0.2) is 0 Å². The fourth-order valence-corrected chi connectivity index (χ4v) is 5.47. The van der Waals surface area contributed by atoms with Gasteiger partial charge in [0.1, 0.15) is 0 Å². The van der Waals surface area contributed by atoms with E-state index in [4.69, 9.17) is 0 Å². The average Bonchev–Trinajstić information content (AvgIpc) is 3.43. The van der Waals surface area contributed by atoms with Crippen LogP contribution in [0.2, 0.25) is 0 Å². The molecule has 3 aromatic rings. The van der Waals surface area contributed by atoms with Crippen molar-refractivity contribution in [2.75, 3.05) is 4.90 Å². The van der Waals surface area contributed by atoms with E-state index < -0.39 is 0 Å². The van der Waals surface area contributed by atoms with E-state index in [9.17, 15) is 0 Å². The molecule has 5 rings (SSSR count). The molecule has 2 aliphatic rings. The van der Waals surface area contributed by atoms with E-state index in [1.165, 1.54) is 36.0 Å². The van der Waals surface area contributed by atoms with E-state index in [0.29, 0.717) is 0 Å². The monoisotopic (exact) mass is 403 g/mol. The second-order valence-electron chi connectivity index (χ2n) is 8.75. The summed E-state index contributed by atoms with van der Waals surface area (Å²) in [5.41, 5.74) is 10.3. The zero-order valence-corrected chi connectivity index (χ0v) is 18.2. The van der Waals surface area contributed by atoms with Crippen molar-refractivity contribution in [3.8, 4) is 11.1 Å². The molecule has 1 heteroatoms. The van der Waals surface area contributed by atoms with Gasteiger partial charge in [-0.3, -0.25) is 0 Å². The molecule has 0 aromatic heterocycles. The quantitative estimate of drug-likeness (QED) is 0.373. The maximum Gasteiger partial charge on any atom is 0.0491 e. The van der Waals surface area contributed by atoms with Gasteiger partial charge in [-0.15, -0.1) is 0 Å². The topological polar surface area (TPSA) is 3.24 Å². The summed E-state index contributed by atoms with van der Waals surface area (Å²) in [6.07, 6.45) is 9.81. The maximum atomic E-state index is 4.04. The van der Waals surface area contributed by atoms with Crippen LogP contribution in [0.3, 0.4) is 0 Å². The molecule has 0 N–H and O–H groups in total. The van der Waals surface area contributed by atoms with Crippen LogP contribution in [0, 0.1) is 6.92 Å². The van der Waals surface area contributed by atoms with Gasteiger partial charge in [0.25, 0.3) is 0 Å². The van der Waals surface area contributed by atoms with Crippen LogP contribution in [0.1, 0.15) is 47.8 Å². The predicted molar refractivity (Wildman–Crippen MR) is 133 cm³/mol. The third-order valence-electron chi connectivity index (χ3n) is 6.94. The summed E-state index contributed by atoms with van der Waals surface area (Å²) in [6, 6.07) is 24.4. The Balaban J connectivity index is 1.55. The molecule has 2 atom stereocenters. The lowest BCUT2D eigenvalue weighted by Crippen LogP contribution is -2.16. The second kappa shape index (κ2) is 8.07. The zero-order chi connectivity index (χ0) is 21.4. The van der Waals surface area contributed by atoms with Gasteiger partial charge < -0.3 is 4.90 Å². The lowest BCUT2D eigenvalue weighted by atomic mass is 9.89. The SMILES string of the molecule is C=C/C=C(\C=C)N(c1ccccc1)c1ccc(-c2ccc3c(c2)C2CCC3C2)cc1C. The molecule has 2 aliphatic carbocycles. The van der Waals surface area contributed by atoms with Crippen LogP contribution in [0.15, 0.2) is 104 Å². The Morgan fingerprint density at radius 3 is 2.29 bits per heavy atom. The van der Waals surface area contributed by atoms with Gasteiger partial charge in [-0.05, 0) is 102 Å². The Morgan fingerprint density at radius 2 is 1.58 bits per heavy atom. The molecule has 1 saturated carbocycles. The Hall–Kier alpha value is -3.32. The van der Waals surface area contributed by atoms with Gasteiger partial charge in [0.15, 0.2) is 0 Å². The molecule has 0 heterocycles. The van der Waals surface area contributed by atoms with Crippen molar-refractivity contribution in [3.63, 3.8) is 0 Å². The minimum Gasteiger partial charge on any atom is -0.310 e. The molecule has 0 radical (unpaired) electrons. The number of hydrogen-bond acceptors (Lipinski definition) is 1. The van der Waals surface area contributed by atoms with Crippen LogP contribution in [-0.4, -0.2) is 0 Å². The van der Waals surface area contributed by atoms with Gasteiger partial charge >= 0.3 is 0 Å². The second-order valence-corrected chi connectivity index (χ2v) is 8.75. The smallest absolute Gasteiger partial charge is 0.0491 e. The van der Waals surface area contributed by atoms with E-state index in [1.807, 2.05) is 24.3 Å². The number of nitrogens with zero attached hydrogens (tertiary/aromatic N) is 1. The molecule has 0 aliphatic heterocycles. The zero-order valence-electron chi connectivity index (χ0n) is 18.2. The van der Waals surface area contributed by atoms with Crippen molar-refractivity contribution in [1.82, 2.24) is 0 Å². The highest BCUT2D eigenvalue weighted by atomic mass is 15.1. The predicted octanol–water partition coefficient (Wildman–Crippen LogP) is 8.42. The molecule has 1 nitrogen and oxygen atoms in total. The summed E-state index contributed by atoms with van der Waals surface area (Å²) in [7, 11) is 0. The van der Waals surface area contributed by atoms with Gasteiger partial charge in [-0.1, -0.05) is 61.7 Å². The number of aryl methyl sites for hydroxylation is 1. The van der Waals surface area contributed by atoms with Gasteiger partial charge in [0.05, 0.1) is 0 Å². The third-order valence-corrected chi connectivity index (χ3v) is 6.94. The summed E-state index contributed by atoms with van der Waals surface area (Å²) in [5, 5.41) is 0. The Kier molecular flexibility index (Phi) is 5.11. The van der Waals surface area contributed by atoms with Crippen molar-refractivity contribution >= 4 is 11.4 Å². The molecule has 0 spiro atoms. The molecular formula is C30H29N. The molecule has 154 valence electrons. The summed E-state index contributed by atoms with van der Waals surface area (Å²) in [6.45, 7) is 10.1. The summed E-state index contributed by atoms with van der Waals surface area (Å²) in [4.78, 5) is 2.25. The Labute approximate surface area is 186 Å². The normalized spacial score (nSPS) is 19.2. The van der Waals surface area contributed by atoms with Crippen molar-refractivity contribution in [2.45, 2.75) is 38.0 Å². The van der Waals surface area contributed by atoms with E-state index in [2.05, 4.69) is 85.6 Å². The first kappa shape index (κ1) is 19.6. The van der Waals surface area contributed by atoms with Crippen molar-refractivity contribution in [1.29, 1.82) is 0 Å². The first-order valence-electron chi connectivity index (χ1n) is 11.2. The number of benzene rings is 3. The molecular weight excluding hydrogens is 374 g/mol. The van der Waals surface area contributed by atoms with Crippen molar-refractivity contribution < 1.29 is 0 Å². The molecule has 3 aromatic carbocycles. The van der Waals surface area contributed by atoms with Crippen molar-refractivity contribution in [3.05, 3.63) is 121 Å². The van der Waals surface area contributed by atoms with E-state index >= 15 is 0 Å². The fraction of sp³-hybridized carbons (Fsp3) is 0.200. The molecule has 31 heavy (non-hydrogen) atoms. The number of rotatable bonds is 6. The Morgan fingerprint density at radius 1 is 0.871 bits per heavy atom. The summed E-state index contributed by atoms with van der Waals surface area (Å²) < 4.78 is 0. The van der Waals surface area contributed by atoms with Crippen LogP contribution in [0.25, 0.3) is 11.1 Å². The number of para-hydroxylation sites is 1. The first-order valence-corrected chi connectivity index (χ1v) is 11.2. The molecule has 2 bridgehead atoms. The number of anilines is 2. The van der Waals surface area contributed by atoms with Gasteiger partial charge in [-0.2, -0.15) is 0 Å². The minimum absolute atomic E-state index is 0.785. The molecule has 0 saturated heterocycles. The lowest BCUT2D eigenvalue weighted by molar-refractivity contribution is 0.718. The third kappa shape index (κ3) is 3.45. The molecule has 2 unspecified atom stereocenters. The van der Waals surface area contributed by atoms with E-state index in [-0.39, 0.29) is 0 Å².